The van der Waals surface area contributed by atoms with Crippen molar-refractivity contribution in [3.8, 4) is 0 Å². The smallest absolute Gasteiger partial charge is 0.407 e. The number of nitrogens with one attached hydrogen (secondary N) is 2. The van der Waals surface area contributed by atoms with Gasteiger partial charge >= 0.3 is 12.2 Å². The van der Waals surface area contributed by atoms with E-state index in [1.165, 1.54) is 0 Å². The van der Waals surface area contributed by atoms with E-state index in [-0.39, 0.29) is 0 Å². The van der Waals surface area contributed by atoms with Crippen LogP contribution in [0.25, 0.3) is 0 Å². The molecule has 0 aromatic heterocycles. The Morgan fingerprint density at radius 1 is 1.06 bits per heavy atom. The summed E-state index contributed by atoms with van der Waals surface area (Å²) in [7, 11) is 2.26. The third kappa shape index (κ3) is 3.72. The highest BCUT2D eigenvalue weighted by molar-refractivity contribution is 5.69. The number of hydrogen-bond acceptors (Lipinski definition) is 4. The summed E-state index contributed by atoms with van der Waals surface area (Å²) in [5.41, 5.74) is 0. The molecule has 1 aliphatic carbocycles. The van der Waals surface area contributed by atoms with E-state index >= 15 is 0 Å². The van der Waals surface area contributed by atoms with Crippen molar-refractivity contribution in [2.24, 2.45) is 0 Å². The van der Waals surface area contributed by atoms with E-state index in [1.807, 2.05) is 0 Å². The summed E-state index contributed by atoms with van der Waals surface area (Å²) < 4.78 is 35.0. The maximum atomic E-state index is 13.2. The van der Waals surface area contributed by atoms with Crippen LogP contribution in [0.4, 0.5) is 18.4 Å². The van der Waals surface area contributed by atoms with Crippen molar-refractivity contribution in [1.29, 1.82) is 0 Å². The Bertz CT molecular complexity index is 283. The second-order valence-electron chi connectivity index (χ2n) is 3.75. The predicted molar refractivity (Wildman–Crippen MR) is 52.8 cm³/mol. The first-order chi connectivity index (χ1) is 7.88. The first-order valence-electron chi connectivity index (χ1n) is 4.95. The molecule has 1 rings (SSSR count). The summed E-state index contributed by atoms with van der Waals surface area (Å²) in [5, 5.41) is 4.50. The van der Waals surface area contributed by atoms with Crippen molar-refractivity contribution in [3.05, 3.63) is 0 Å². The molecule has 8 heteroatoms. The van der Waals surface area contributed by atoms with Crippen LogP contribution in [0, 0.1) is 0 Å². The zero-order chi connectivity index (χ0) is 13.1. The Labute approximate surface area is 96.6 Å². The first-order valence-corrected chi connectivity index (χ1v) is 4.95. The van der Waals surface area contributed by atoms with E-state index in [0.717, 1.165) is 14.2 Å². The number of alkyl carbamates (subject to hydrolysis) is 2. The Morgan fingerprint density at radius 2 is 1.41 bits per heavy atom. The predicted octanol–water partition coefficient (Wildman–Crippen LogP) is 0.865. The third-order valence-electron chi connectivity index (χ3n) is 2.50. The molecule has 2 amide bonds. The van der Waals surface area contributed by atoms with Crippen LogP contribution in [0.3, 0.4) is 0 Å². The summed E-state index contributed by atoms with van der Waals surface area (Å²) in [4.78, 5) is 21.9. The number of carbonyl (C=O) groups excluding carboxylic acids is 2. The maximum Gasteiger partial charge on any atom is 0.407 e. The van der Waals surface area contributed by atoms with Gasteiger partial charge in [0.15, 0.2) is 0 Å². The van der Waals surface area contributed by atoms with E-state index in [2.05, 4.69) is 20.1 Å². The Morgan fingerprint density at radius 3 is 1.71 bits per heavy atom. The van der Waals surface area contributed by atoms with E-state index < -0.39 is 43.0 Å². The molecule has 2 atom stereocenters. The standard InChI is InChI=1S/C9H14F2N2O4/c1-16-7(14)12-5-3-9(10,11)4-6(5)13-8(15)17-2/h5-6H,3-4H2,1-2H3,(H,12,14)(H,13,15)/t5-,6+. The molecule has 0 unspecified atom stereocenters. The average Bonchev–Trinajstić information content (AvgIpc) is 2.52. The van der Waals surface area contributed by atoms with Gasteiger partial charge in [0.25, 0.3) is 5.92 Å². The number of halogens is 2. The fraction of sp³-hybridized carbons (Fsp3) is 0.778. The molecule has 17 heavy (non-hydrogen) atoms. The van der Waals surface area contributed by atoms with Crippen LogP contribution >= 0.6 is 0 Å². The van der Waals surface area contributed by atoms with Gasteiger partial charge in [-0.05, 0) is 0 Å². The quantitative estimate of drug-likeness (QED) is 0.764. The summed E-state index contributed by atoms with van der Waals surface area (Å²) in [6, 6.07) is -1.76. The van der Waals surface area contributed by atoms with Crippen molar-refractivity contribution in [2.75, 3.05) is 14.2 Å². The summed E-state index contributed by atoms with van der Waals surface area (Å²) in [5.74, 6) is -2.93. The zero-order valence-electron chi connectivity index (χ0n) is 9.46. The summed E-state index contributed by atoms with van der Waals surface area (Å²) >= 11 is 0. The highest BCUT2D eigenvalue weighted by atomic mass is 19.3. The molecule has 1 fully saturated rings. The first kappa shape index (κ1) is 13.5. The molecule has 6 nitrogen and oxygen atoms in total. The van der Waals surface area contributed by atoms with Crippen molar-refractivity contribution < 1.29 is 27.8 Å². The van der Waals surface area contributed by atoms with E-state index in [4.69, 9.17) is 0 Å². The average molecular weight is 252 g/mol. The van der Waals surface area contributed by atoms with Gasteiger partial charge in [-0.3, -0.25) is 0 Å². The monoisotopic (exact) mass is 252 g/mol. The molecular formula is C9H14F2N2O4. The maximum absolute atomic E-state index is 13.2. The molecule has 0 aromatic carbocycles. The Balaban J connectivity index is 2.64. The zero-order valence-corrected chi connectivity index (χ0v) is 9.46. The minimum absolute atomic E-state index is 0.545. The molecule has 1 saturated carbocycles. The van der Waals surface area contributed by atoms with Crippen LogP contribution in [0.5, 0.6) is 0 Å². The normalized spacial score (nSPS) is 26.1. The lowest BCUT2D eigenvalue weighted by Gasteiger charge is -2.19. The minimum atomic E-state index is -2.93. The molecule has 0 bridgehead atoms. The van der Waals surface area contributed by atoms with Crippen molar-refractivity contribution >= 4 is 12.2 Å². The molecule has 98 valence electrons. The second-order valence-corrected chi connectivity index (χ2v) is 3.75. The van der Waals surface area contributed by atoms with Gasteiger partial charge in [0.05, 0.1) is 26.3 Å². The lowest BCUT2D eigenvalue weighted by molar-refractivity contribution is 0.00535. The lowest BCUT2D eigenvalue weighted by atomic mass is 10.2. The van der Waals surface area contributed by atoms with Gasteiger partial charge in [-0.15, -0.1) is 0 Å². The number of carbonyl (C=O) groups is 2. The van der Waals surface area contributed by atoms with Gasteiger partial charge in [-0.25, -0.2) is 18.4 Å². The van der Waals surface area contributed by atoms with Gasteiger partial charge in [-0.2, -0.15) is 0 Å². The topological polar surface area (TPSA) is 76.7 Å². The number of amides is 2. The molecule has 0 heterocycles. The molecule has 2 N–H and O–H groups in total. The van der Waals surface area contributed by atoms with Crippen LogP contribution in [0.2, 0.25) is 0 Å². The highest BCUT2D eigenvalue weighted by Gasteiger charge is 2.47. The molecule has 0 radical (unpaired) electrons. The number of rotatable bonds is 2. The van der Waals surface area contributed by atoms with Crippen molar-refractivity contribution in [1.82, 2.24) is 10.6 Å². The van der Waals surface area contributed by atoms with Gasteiger partial charge in [-0.1, -0.05) is 0 Å². The second kappa shape index (κ2) is 5.15. The molecule has 0 aliphatic heterocycles. The van der Waals surface area contributed by atoms with Crippen LogP contribution in [0.15, 0.2) is 0 Å². The van der Waals surface area contributed by atoms with Gasteiger partial charge in [0.2, 0.25) is 0 Å². The number of methoxy groups -OCH3 is 2. The molecule has 1 aliphatic rings. The molecule has 0 aromatic rings. The number of hydrogen-bond donors (Lipinski definition) is 2. The summed E-state index contributed by atoms with van der Waals surface area (Å²) in [6.07, 6.45) is -2.72. The van der Waals surface area contributed by atoms with Gasteiger partial charge in [0.1, 0.15) is 0 Å². The van der Waals surface area contributed by atoms with E-state index in [1.54, 1.807) is 0 Å². The highest BCUT2D eigenvalue weighted by Crippen LogP contribution is 2.35. The lowest BCUT2D eigenvalue weighted by Crippen LogP contribution is -2.48. The van der Waals surface area contributed by atoms with Crippen LogP contribution < -0.4 is 10.6 Å². The third-order valence-corrected chi connectivity index (χ3v) is 2.50. The largest absolute Gasteiger partial charge is 0.453 e. The van der Waals surface area contributed by atoms with Crippen LogP contribution in [-0.2, 0) is 9.47 Å². The molecule has 0 spiro atoms. The molecule has 0 saturated heterocycles. The fourth-order valence-corrected chi connectivity index (χ4v) is 1.74. The fourth-order valence-electron chi connectivity index (χ4n) is 1.74. The Kier molecular flexibility index (Phi) is 4.08. The molecular weight excluding hydrogens is 238 g/mol. The summed E-state index contributed by atoms with van der Waals surface area (Å²) in [6.45, 7) is 0. The van der Waals surface area contributed by atoms with Crippen molar-refractivity contribution in [2.45, 2.75) is 30.8 Å². The van der Waals surface area contributed by atoms with Crippen molar-refractivity contribution in [3.63, 3.8) is 0 Å². The van der Waals surface area contributed by atoms with E-state index in [9.17, 15) is 18.4 Å². The van der Waals surface area contributed by atoms with Crippen LogP contribution in [0.1, 0.15) is 12.8 Å². The number of ether oxygens (including phenoxy) is 2. The van der Waals surface area contributed by atoms with Gasteiger partial charge in [0, 0.05) is 12.8 Å². The number of alkyl halides is 2. The minimum Gasteiger partial charge on any atom is -0.453 e. The van der Waals surface area contributed by atoms with Crippen LogP contribution in [-0.4, -0.2) is 44.4 Å². The van der Waals surface area contributed by atoms with Gasteiger partial charge < -0.3 is 20.1 Å². The van der Waals surface area contributed by atoms with E-state index in [0.29, 0.717) is 0 Å². The SMILES string of the molecule is COC(=O)N[C@H]1CC(F)(F)C[C@H]1NC(=O)OC. The Hall–Kier alpha value is -1.60.